The molecule has 0 aliphatic carbocycles. The first-order valence-corrected chi connectivity index (χ1v) is 14.0. The maximum atomic E-state index is 13.4. The highest BCUT2D eigenvalue weighted by atomic mass is 32.2. The molecule has 1 atom stereocenters. The monoisotopic (exact) mass is 529 g/mol. The summed E-state index contributed by atoms with van der Waals surface area (Å²) in [5.74, 6) is -0.399. The van der Waals surface area contributed by atoms with Gasteiger partial charge in [0.1, 0.15) is 16.7 Å². The number of fused-ring (bicyclic) bond motifs is 1. The molecular formula is C27H35N3O6S. The second-order valence-corrected chi connectivity index (χ2v) is 10.8. The van der Waals surface area contributed by atoms with Gasteiger partial charge in [0.05, 0.1) is 12.7 Å². The van der Waals surface area contributed by atoms with Crippen LogP contribution in [0.3, 0.4) is 0 Å². The molecule has 1 N–H and O–H groups in total. The second-order valence-electron chi connectivity index (χ2n) is 8.92. The van der Waals surface area contributed by atoms with Crippen molar-refractivity contribution in [2.24, 2.45) is 0 Å². The van der Waals surface area contributed by atoms with Crippen molar-refractivity contribution in [1.82, 2.24) is 14.5 Å². The number of nitrogens with zero attached hydrogens (tertiary/aromatic N) is 2. The highest BCUT2D eigenvalue weighted by Gasteiger charge is 2.40. The van der Waals surface area contributed by atoms with Gasteiger partial charge in [-0.15, -0.1) is 0 Å². The van der Waals surface area contributed by atoms with Gasteiger partial charge in [-0.1, -0.05) is 44.5 Å². The molecule has 1 aliphatic rings. The number of nitrogens with one attached hydrogen (secondary N) is 1. The number of unbranched alkanes of at least 4 members (excludes halogenated alkanes) is 1. The van der Waals surface area contributed by atoms with E-state index in [1.54, 1.807) is 31.4 Å². The Balaban J connectivity index is 1.73. The van der Waals surface area contributed by atoms with E-state index in [9.17, 15) is 22.8 Å². The van der Waals surface area contributed by atoms with Crippen LogP contribution in [0.4, 0.5) is 0 Å². The van der Waals surface area contributed by atoms with Gasteiger partial charge in [0.25, 0.3) is 15.9 Å². The number of hydrogen-bond donors (Lipinski definition) is 1. The lowest BCUT2D eigenvalue weighted by Gasteiger charge is -2.31. The third kappa shape index (κ3) is 6.49. The van der Waals surface area contributed by atoms with Gasteiger partial charge in [-0.3, -0.25) is 14.4 Å². The molecular weight excluding hydrogens is 494 g/mol. The molecule has 1 heterocycles. The Hall–Kier alpha value is -3.40. The summed E-state index contributed by atoms with van der Waals surface area (Å²) in [6, 6.07) is 12.7. The van der Waals surface area contributed by atoms with Crippen LogP contribution in [-0.2, 0) is 26.2 Å². The number of ether oxygens (including phenoxy) is 1. The summed E-state index contributed by atoms with van der Waals surface area (Å²) in [6.45, 7) is 4.52. The van der Waals surface area contributed by atoms with E-state index in [0.29, 0.717) is 18.7 Å². The first kappa shape index (κ1) is 28.2. The average molecular weight is 530 g/mol. The van der Waals surface area contributed by atoms with Gasteiger partial charge in [-0.2, -0.15) is 0 Å². The minimum Gasteiger partial charge on any atom is -0.497 e. The van der Waals surface area contributed by atoms with E-state index >= 15 is 0 Å². The van der Waals surface area contributed by atoms with Crippen LogP contribution in [0.15, 0.2) is 53.4 Å². The van der Waals surface area contributed by atoms with Gasteiger partial charge >= 0.3 is 0 Å². The van der Waals surface area contributed by atoms with Crippen LogP contribution < -0.4 is 10.1 Å². The van der Waals surface area contributed by atoms with Crippen LogP contribution >= 0.6 is 0 Å². The van der Waals surface area contributed by atoms with E-state index in [1.165, 1.54) is 17.0 Å². The number of hydrogen-bond acceptors (Lipinski definition) is 6. The topological polar surface area (TPSA) is 113 Å². The number of methoxy groups -OCH3 is 1. The van der Waals surface area contributed by atoms with Crippen LogP contribution in [0, 0.1) is 0 Å². The molecule has 1 aliphatic heterocycles. The van der Waals surface area contributed by atoms with Gasteiger partial charge in [-0.25, -0.2) is 12.7 Å². The SMILES string of the molecule is CCCCNC(=O)C(CC)N(Cc1ccc(OC)cc1)C(=O)CCCN1C(=O)c2ccccc2S1(=O)=O. The number of carbonyl (C=O) groups excluding carboxylic acids is 3. The van der Waals surface area contributed by atoms with E-state index in [-0.39, 0.29) is 48.2 Å². The van der Waals surface area contributed by atoms with Gasteiger partial charge in [-0.05, 0) is 49.1 Å². The van der Waals surface area contributed by atoms with Crippen LogP contribution in [0.5, 0.6) is 5.75 Å². The van der Waals surface area contributed by atoms with Crippen molar-refractivity contribution in [3.05, 3.63) is 59.7 Å². The lowest BCUT2D eigenvalue weighted by atomic mass is 10.1. The Morgan fingerprint density at radius 3 is 2.38 bits per heavy atom. The molecule has 0 spiro atoms. The Labute approximate surface area is 218 Å². The van der Waals surface area contributed by atoms with Crippen molar-refractivity contribution in [2.75, 3.05) is 20.2 Å². The molecule has 0 saturated heterocycles. The molecule has 0 fully saturated rings. The van der Waals surface area contributed by atoms with Gasteiger partial charge in [0, 0.05) is 26.1 Å². The predicted octanol–water partition coefficient (Wildman–Crippen LogP) is 3.34. The van der Waals surface area contributed by atoms with Crippen LogP contribution in [0.2, 0.25) is 0 Å². The van der Waals surface area contributed by atoms with Gasteiger partial charge in [0.15, 0.2) is 0 Å². The van der Waals surface area contributed by atoms with Gasteiger partial charge < -0.3 is 15.0 Å². The molecule has 2 aromatic carbocycles. The summed E-state index contributed by atoms with van der Waals surface area (Å²) in [5.41, 5.74) is 0.978. The maximum absolute atomic E-state index is 13.4. The molecule has 0 saturated carbocycles. The van der Waals surface area contributed by atoms with Crippen LogP contribution in [0.1, 0.15) is 61.9 Å². The summed E-state index contributed by atoms with van der Waals surface area (Å²) in [6.07, 6.45) is 2.34. The molecule has 0 aromatic heterocycles. The second kappa shape index (κ2) is 12.7. The summed E-state index contributed by atoms with van der Waals surface area (Å²) in [7, 11) is -2.36. The average Bonchev–Trinajstić information content (AvgIpc) is 3.09. The third-order valence-corrected chi connectivity index (χ3v) is 8.23. The normalized spacial score (nSPS) is 14.7. The molecule has 3 rings (SSSR count). The minimum atomic E-state index is -3.93. The lowest BCUT2D eigenvalue weighted by molar-refractivity contribution is -0.141. The number of rotatable bonds is 13. The number of sulfonamides is 1. The van der Waals surface area contributed by atoms with Gasteiger partial charge in [0.2, 0.25) is 11.8 Å². The zero-order valence-corrected chi connectivity index (χ0v) is 22.4. The molecule has 9 nitrogen and oxygen atoms in total. The summed E-state index contributed by atoms with van der Waals surface area (Å²) >= 11 is 0. The number of benzene rings is 2. The fraction of sp³-hybridized carbons (Fsp3) is 0.444. The number of carbonyl (C=O) groups is 3. The molecule has 37 heavy (non-hydrogen) atoms. The molecule has 2 aromatic rings. The van der Waals surface area contributed by atoms with Crippen molar-refractivity contribution in [2.45, 2.75) is 63.4 Å². The minimum absolute atomic E-state index is 0.00938. The van der Waals surface area contributed by atoms with Crippen molar-refractivity contribution in [1.29, 1.82) is 0 Å². The van der Waals surface area contributed by atoms with Crippen LogP contribution in [0.25, 0.3) is 0 Å². The summed E-state index contributed by atoms with van der Waals surface area (Å²) in [5, 5.41) is 2.92. The molecule has 200 valence electrons. The van der Waals surface area contributed by atoms with Crippen molar-refractivity contribution in [3.8, 4) is 5.75 Å². The van der Waals surface area contributed by atoms with E-state index in [4.69, 9.17) is 4.74 Å². The quantitative estimate of drug-likeness (QED) is 0.398. The zero-order chi connectivity index (χ0) is 27.0. The summed E-state index contributed by atoms with van der Waals surface area (Å²) in [4.78, 5) is 40.6. The molecule has 0 bridgehead atoms. The standard InChI is InChI=1S/C27H35N3O6S/c1-4-6-17-28-26(32)23(5-2)29(19-20-13-15-21(36-3)16-14-20)25(31)12-9-18-30-27(33)22-10-7-8-11-24(22)37(30,34)35/h7-8,10-11,13-16,23H,4-6,9,12,17-19H2,1-3H3,(H,28,32). The maximum Gasteiger partial charge on any atom is 0.269 e. The summed E-state index contributed by atoms with van der Waals surface area (Å²) < 4.78 is 31.7. The van der Waals surface area contributed by atoms with Crippen molar-refractivity contribution >= 4 is 27.7 Å². The molecule has 3 amide bonds. The van der Waals surface area contributed by atoms with E-state index in [1.807, 2.05) is 26.0 Å². The van der Waals surface area contributed by atoms with E-state index in [2.05, 4.69) is 5.32 Å². The lowest BCUT2D eigenvalue weighted by Crippen LogP contribution is -2.49. The largest absolute Gasteiger partial charge is 0.497 e. The Morgan fingerprint density at radius 2 is 1.76 bits per heavy atom. The van der Waals surface area contributed by atoms with Crippen LogP contribution in [-0.4, -0.2) is 61.6 Å². The fourth-order valence-electron chi connectivity index (χ4n) is 4.32. The highest BCUT2D eigenvalue weighted by Crippen LogP contribution is 2.30. The molecule has 0 radical (unpaired) electrons. The van der Waals surface area contributed by atoms with E-state index in [0.717, 1.165) is 22.7 Å². The molecule has 1 unspecified atom stereocenters. The Morgan fingerprint density at radius 1 is 1.05 bits per heavy atom. The Bertz CT molecular complexity index is 1210. The fourth-order valence-corrected chi connectivity index (χ4v) is 5.93. The first-order chi connectivity index (χ1) is 17.7. The predicted molar refractivity (Wildman–Crippen MR) is 139 cm³/mol. The zero-order valence-electron chi connectivity index (χ0n) is 21.6. The first-order valence-electron chi connectivity index (χ1n) is 12.6. The smallest absolute Gasteiger partial charge is 0.269 e. The number of amides is 3. The molecule has 10 heteroatoms. The third-order valence-electron chi connectivity index (χ3n) is 6.39. The van der Waals surface area contributed by atoms with E-state index < -0.39 is 22.0 Å². The van der Waals surface area contributed by atoms with Crippen molar-refractivity contribution in [3.63, 3.8) is 0 Å². The Kier molecular flexibility index (Phi) is 9.68. The van der Waals surface area contributed by atoms with Crippen molar-refractivity contribution < 1.29 is 27.5 Å². The highest BCUT2D eigenvalue weighted by molar-refractivity contribution is 7.90.